The summed E-state index contributed by atoms with van der Waals surface area (Å²) in [6, 6.07) is 13.4. The van der Waals surface area contributed by atoms with Crippen LogP contribution in [0.3, 0.4) is 0 Å². The minimum Gasteiger partial charge on any atom is -0.280 e. The molecule has 0 atom stereocenters. The molecule has 0 aromatic heterocycles. The fourth-order valence-corrected chi connectivity index (χ4v) is 4.99. The van der Waals surface area contributed by atoms with Crippen LogP contribution < -0.4 is 9.44 Å². The van der Waals surface area contributed by atoms with E-state index >= 15 is 0 Å². The van der Waals surface area contributed by atoms with E-state index in [0.29, 0.717) is 6.07 Å². The fraction of sp³-hybridized carbons (Fsp3) is 0.100. The Morgan fingerprint density at radius 2 is 1.16 bits per heavy atom. The van der Waals surface area contributed by atoms with Crippen LogP contribution in [0.5, 0.6) is 0 Å². The summed E-state index contributed by atoms with van der Waals surface area (Å²) in [5.74, 6) is 0. The van der Waals surface area contributed by atoms with Crippen molar-refractivity contribution in [2.24, 2.45) is 0 Å². The average molecular weight is 505 g/mol. The van der Waals surface area contributed by atoms with E-state index in [1.54, 1.807) is 12.1 Å². The molecule has 0 bridgehead atoms. The van der Waals surface area contributed by atoms with Crippen molar-refractivity contribution in [3.63, 3.8) is 0 Å². The molecule has 6 nitrogen and oxygen atoms in total. The number of halogens is 4. The smallest absolute Gasteiger partial charge is 0.280 e. The van der Waals surface area contributed by atoms with Gasteiger partial charge in [-0.05, 0) is 61.5 Å². The van der Waals surface area contributed by atoms with Crippen molar-refractivity contribution >= 4 is 43.0 Å². The van der Waals surface area contributed by atoms with Gasteiger partial charge in [0.15, 0.2) is 0 Å². The Labute approximate surface area is 188 Å². The van der Waals surface area contributed by atoms with E-state index in [1.165, 1.54) is 24.3 Å². The zero-order chi connectivity index (χ0) is 23.7. The molecule has 32 heavy (non-hydrogen) atoms. The van der Waals surface area contributed by atoms with E-state index < -0.39 is 36.8 Å². The van der Waals surface area contributed by atoms with Gasteiger partial charge >= 0.3 is 6.18 Å². The first-order valence-corrected chi connectivity index (χ1v) is 12.2. The van der Waals surface area contributed by atoms with Crippen LogP contribution >= 0.6 is 11.6 Å². The minimum absolute atomic E-state index is 0.0321. The molecule has 3 aromatic rings. The maximum Gasteiger partial charge on any atom is 0.417 e. The molecule has 0 aliphatic heterocycles. The van der Waals surface area contributed by atoms with Gasteiger partial charge in [0.2, 0.25) is 0 Å². The van der Waals surface area contributed by atoms with Gasteiger partial charge in [-0.2, -0.15) is 13.2 Å². The van der Waals surface area contributed by atoms with Gasteiger partial charge in [-0.15, -0.1) is 0 Å². The number of aryl methyl sites for hydroxylation is 1. The van der Waals surface area contributed by atoms with Gasteiger partial charge in [-0.25, -0.2) is 16.8 Å². The van der Waals surface area contributed by atoms with E-state index in [2.05, 4.69) is 4.72 Å². The highest BCUT2D eigenvalue weighted by Crippen LogP contribution is 2.36. The second-order valence-corrected chi connectivity index (χ2v) is 10.5. The molecule has 0 fully saturated rings. The molecule has 3 aromatic carbocycles. The Morgan fingerprint density at radius 1 is 0.719 bits per heavy atom. The summed E-state index contributed by atoms with van der Waals surface area (Å²) < 4.78 is 93.3. The summed E-state index contributed by atoms with van der Waals surface area (Å²) in [7, 11) is -8.13. The Morgan fingerprint density at radius 3 is 1.66 bits per heavy atom. The Bertz CT molecular complexity index is 1340. The van der Waals surface area contributed by atoms with Crippen molar-refractivity contribution in [3.8, 4) is 0 Å². The zero-order valence-electron chi connectivity index (χ0n) is 16.3. The number of hydrogen-bond donors (Lipinski definition) is 2. The third kappa shape index (κ3) is 5.53. The number of alkyl halides is 3. The SMILES string of the molecule is Cc1ccc(S(=O)(=O)Nc2ccc(S(=O)(=O)Nc3ccc(Cl)c(C(F)(F)F)c3)cc2)cc1. The largest absolute Gasteiger partial charge is 0.417 e. The maximum absolute atomic E-state index is 13.0. The molecule has 0 spiro atoms. The molecule has 0 aliphatic rings. The van der Waals surface area contributed by atoms with Crippen LogP contribution in [0.2, 0.25) is 5.02 Å². The van der Waals surface area contributed by atoms with Crippen molar-refractivity contribution in [2.45, 2.75) is 22.9 Å². The van der Waals surface area contributed by atoms with Gasteiger partial charge in [0.25, 0.3) is 20.0 Å². The van der Waals surface area contributed by atoms with Crippen molar-refractivity contribution in [3.05, 3.63) is 82.9 Å². The van der Waals surface area contributed by atoms with Gasteiger partial charge in [0.05, 0.1) is 20.4 Å². The second-order valence-electron chi connectivity index (χ2n) is 6.74. The first kappa shape index (κ1) is 23.9. The van der Waals surface area contributed by atoms with E-state index in [1.807, 2.05) is 11.6 Å². The molecule has 3 rings (SSSR count). The van der Waals surface area contributed by atoms with Crippen molar-refractivity contribution in [2.75, 3.05) is 9.44 Å². The van der Waals surface area contributed by atoms with E-state index in [9.17, 15) is 30.0 Å². The molecule has 170 valence electrons. The van der Waals surface area contributed by atoms with Crippen LogP contribution in [-0.2, 0) is 26.2 Å². The van der Waals surface area contributed by atoms with E-state index in [0.717, 1.165) is 29.8 Å². The Kier molecular flexibility index (Phi) is 6.45. The lowest BCUT2D eigenvalue weighted by atomic mass is 10.2. The molecule has 0 radical (unpaired) electrons. The molecular weight excluding hydrogens is 489 g/mol. The zero-order valence-corrected chi connectivity index (χ0v) is 18.7. The molecule has 0 saturated heterocycles. The number of sulfonamides is 2. The number of hydrogen-bond acceptors (Lipinski definition) is 4. The minimum atomic E-state index is -4.76. The van der Waals surface area contributed by atoms with Crippen LogP contribution in [-0.4, -0.2) is 16.8 Å². The van der Waals surface area contributed by atoms with Crippen LogP contribution in [0.1, 0.15) is 11.1 Å². The van der Waals surface area contributed by atoms with Crippen molar-refractivity contribution in [1.29, 1.82) is 0 Å². The van der Waals surface area contributed by atoms with Gasteiger partial charge in [0.1, 0.15) is 0 Å². The topological polar surface area (TPSA) is 92.3 Å². The summed E-state index contributed by atoms with van der Waals surface area (Å²) >= 11 is 5.54. The molecule has 0 amide bonds. The van der Waals surface area contributed by atoms with Crippen molar-refractivity contribution < 1.29 is 30.0 Å². The highest BCUT2D eigenvalue weighted by atomic mass is 35.5. The van der Waals surface area contributed by atoms with E-state index in [4.69, 9.17) is 11.6 Å². The fourth-order valence-electron chi connectivity index (χ4n) is 2.65. The number of benzene rings is 3. The number of nitrogens with one attached hydrogen (secondary N) is 2. The summed E-state index contributed by atoms with van der Waals surface area (Å²) in [5.41, 5.74) is -0.518. The Balaban J connectivity index is 1.80. The molecule has 0 unspecified atom stereocenters. The highest BCUT2D eigenvalue weighted by molar-refractivity contribution is 7.93. The second kappa shape index (κ2) is 8.64. The maximum atomic E-state index is 13.0. The molecule has 0 aliphatic carbocycles. The lowest BCUT2D eigenvalue weighted by Gasteiger charge is -2.13. The lowest BCUT2D eigenvalue weighted by Crippen LogP contribution is -2.15. The van der Waals surface area contributed by atoms with Gasteiger partial charge in [-0.1, -0.05) is 29.3 Å². The Hall–Kier alpha value is -2.76. The molecule has 12 heteroatoms. The third-order valence-electron chi connectivity index (χ3n) is 4.27. The van der Waals surface area contributed by atoms with Gasteiger partial charge in [-0.3, -0.25) is 9.44 Å². The summed E-state index contributed by atoms with van der Waals surface area (Å²) in [6.07, 6.45) is -4.76. The van der Waals surface area contributed by atoms with E-state index in [-0.39, 0.29) is 21.2 Å². The predicted octanol–water partition coefficient (Wildman–Crippen LogP) is 5.27. The molecule has 0 saturated carbocycles. The highest BCUT2D eigenvalue weighted by Gasteiger charge is 2.33. The normalized spacial score (nSPS) is 12.4. The van der Waals surface area contributed by atoms with Crippen LogP contribution in [0.4, 0.5) is 24.5 Å². The standard InChI is InChI=1S/C20H16ClF3N2O4S2/c1-13-2-7-16(8-3-13)31(27,28)25-14-4-9-17(10-5-14)32(29,30)26-15-6-11-19(21)18(12-15)20(22,23)24/h2-12,25-26H,1H3. The lowest BCUT2D eigenvalue weighted by molar-refractivity contribution is -0.137. The van der Waals surface area contributed by atoms with Gasteiger partial charge < -0.3 is 0 Å². The number of anilines is 2. The molecule has 2 N–H and O–H groups in total. The van der Waals surface area contributed by atoms with Crippen LogP contribution in [0, 0.1) is 6.92 Å². The average Bonchev–Trinajstić information content (AvgIpc) is 2.69. The summed E-state index contributed by atoms with van der Waals surface area (Å²) in [4.78, 5) is -0.246. The van der Waals surface area contributed by atoms with Crippen LogP contribution in [0.15, 0.2) is 76.5 Å². The summed E-state index contributed by atoms with van der Waals surface area (Å²) in [6.45, 7) is 1.81. The quantitative estimate of drug-likeness (QED) is 0.478. The van der Waals surface area contributed by atoms with Crippen molar-refractivity contribution in [1.82, 2.24) is 0 Å². The third-order valence-corrected chi connectivity index (χ3v) is 7.40. The first-order valence-electron chi connectivity index (χ1n) is 8.87. The molecule has 0 heterocycles. The molecular formula is C20H16ClF3N2O4S2. The number of rotatable bonds is 6. The van der Waals surface area contributed by atoms with Crippen LogP contribution in [0.25, 0.3) is 0 Å². The predicted molar refractivity (Wildman–Crippen MR) is 116 cm³/mol. The first-order chi connectivity index (χ1) is 14.8. The monoisotopic (exact) mass is 504 g/mol. The van der Waals surface area contributed by atoms with Gasteiger partial charge in [0, 0.05) is 11.4 Å². The summed E-state index contributed by atoms with van der Waals surface area (Å²) in [5, 5.41) is -0.564.